The zero-order valence-corrected chi connectivity index (χ0v) is 7.65. The summed E-state index contributed by atoms with van der Waals surface area (Å²) >= 11 is 0. The van der Waals surface area contributed by atoms with E-state index >= 15 is 0 Å². The van der Waals surface area contributed by atoms with Gasteiger partial charge < -0.3 is 4.98 Å². The van der Waals surface area contributed by atoms with Crippen LogP contribution in [0.5, 0.6) is 0 Å². The second-order valence-electron chi connectivity index (χ2n) is 2.51. The lowest BCUT2D eigenvalue weighted by Gasteiger charge is -1.87. The average Bonchev–Trinajstić information content (AvgIpc) is 2.35. The van der Waals surface area contributed by atoms with Crippen LogP contribution in [0.3, 0.4) is 0 Å². The van der Waals surface area contributed by atoms with Crippen molar-refractivity contribution in [1.82, 2.24) is 9.97 Å². The molecule has 1 rings (SSSR count). The van der Waals surface area contributed by atoms with Gasteiger partial charge in [0.25, 0.3) is 0 Å². The summed E-state index contributed by atoms with van der Waals surface area (Å²) in [7, 11) is 0. The highest BCUT2D eigenvalue weighted by Gasteiger charge is 1.92. The van der Waals surface area contributed by atoms with E-state index in [0.717, 1.165) is 24.4 Å². The molecule has 2 nitrogen and oxygen atoms in total. The van der Waals surface area contributed by atoms with E-state index in [4.69, 9.17) is 0 Å². The Balaban J connectivity index is 0.000000310. The molecule has 0 saturated heterocycles. The highest BCUT2D eigenvalue weighted by atomic mass is 19.4. The molecule has 0 saturated carbocycles. The van der Waals surface area contributed by atoms with E-state index in [0.29, 0.717) is 0 Å². The molecule has 1 aromatic rings. The number of alkyl halides is 3. The molecular weight excluding hydrogens is 181 g/mol. The Hall–Kier alpha value is -1.00. The third-order valence-corrected chi connectivity index (χ3v) is 1.24. The maximum Gasteiger partial charge on any atom is 0.379 e. The first-order valence-corrected chi connectivity index (χ1v) is 3.99. The lowest BCUT2D eigenvalue weighted by atomic mass is 10.3. The molecule has 0 spiro atoms. The molecule has 76 valence electrons. The average molecular weight is 194 g/mol. The third-order valence-electron chi connectivity index (χ3n) is 1.24. The van der Waals surface area contributed by atoms with Gasteiger partial charge >= 0.3 is 6.68 Å². The molecule has 0 aliphatic heterocycles. The fourth-order valence-electron chi connectivity index (χ4n) is 0.831. The van der Waals surface area contributed by atoms with Crippen molar-refractivity contribution in [2.24, 2.45) is 0 Å². The van der Waals surface area contributed by atoms with Gasteiger partial charge in [0.1, 0.15) is 5.82 Å². The zero-order valence-electron chi connectivity index (χ0n) is 7.65. The number of hydrogen-bond acceptors (Lipinski definition) is 1. The first-order valence-electron chi connectivity index (χ1n) is 3.99. The van der Waals surface area contributed by atoms with E-state index in [-0.39, 0.29) is 0 Å². The lowest BCUT2D eigenvalue weighted by Crippen LogP contribution is -1.84. The van der Waals surface area contributed by atoms with Crippen molar-refractivity contribution in [3.8, 4) is 0 Å². The molecule has 1 N–H and O–H groups in total. The minimum atomic E-state index is -3.67. The molecule has 13 heavy (non-hydrogen) atoms. The topological polar surface area (TPSA) is 28.7 Å². The molecule has 0 fully saturated rings. The van der Waals surface area contributed by atoms with E-state index in [1.54, 1.807) is 0 Å². The fourth-order valence-corrected chi connectivity index (χ4v) is 0.831. The van der Waals surface area contributed by atoms with E-state index in [1.807, 2.05) is 13.1 Å². The first-order chi connectivity index (χ1) is 6.06. The number of aromatic amines is 1. The Morgan fingerprint density at radius 2 is 2.00 bits per heavy atom. The molecular formula is C8H13F3N2. The van der Waals surface area contributed by atoms with Crippen LogP contribution in [0, 0.1) is 6.92 Å². The summed E-state index contributed by atoms with van der Waals surface area (Å²) in [4.78, 5) is 7.32. The van der Waals surface area contributed by atoms with Crippen LogP contribution in [-0.2, 0) is 6.42 Å². The number of H-pyrrole nitrogens is 1. The SMILES string of the molecule is CCCc1ncc(C)[nH]1.FC(F)F. The Labute approximate surface area is 75.2 Å². The molecule has 0 aromatic carbocycles. The van der Waals surface area contributed by atoms with Gasteiger partial charge in [-0.1, -0.05) is 6.92 Å². The molecule has 0 amide bonds. The number of aryl methyl sites for hydroxylation is 2. The molecule has 1 aromatic heterocycles. The third kappa shape index (κ3) is 7.36. The van der Waals surface area contributed by atoms with Crippen molar-refractivity contribution >= 4 is 0 Å². The lowest BCUT2D eigenvalue weighted by molar-refractivity contribution is 0.00819. The number of aromatic nitrogens is 2. The van der Waals surface area contributed by atoms with E-state index in [2.05, 4.69) is 16.9 Å². The van der Waals surface area contributed by atoms with Gasteiger partial charge in [-0.3, -0.25) is 0 Å². The van der Waals surface area contributed by atoms with Gasteiger partial charge in [0.2, 0.25) is 0 Å². The fraction of sp³-hybridized carbons (Fsp3) is 0.625. The molecule has 0 aliphatic rings. The summed E-state index contributed by atoms with van der Waals surface area (Å²) in [6, 6.07) is 0. The van der Waals surface area contributed by atoms with Crippen molar-refractivity contribution in [1.29, 1.82) is 0 Å². The Morgan fingerprint density at radius 1 is 1.46 bits per heavy atom. The van der Waals surface area contributed by atoms with Crippen molar-refractivity contribution in [2.45, 2.75) is 33.4 Å². The van der Waals surface area contributed by atoms with Gasteiger partial charge in [-0.2, -0.15) is 13.2 Å². The number of halogens is 3. The monoisotopic (exact) mass is 194 g/mol. The Kier molecular flexibility index (Phi) is 6.01. The van der Waals surface area contributed by atoms with Gasteiger partial charge in [0.15, 0.2) is 0 Å². The van der Waals surface area contributed by atoms with Crippen LogP contribution >= 0.6 is 0 Å². The van der Waals surface area contributed by atoms with Gasteiger partial charge in [-0.15, -0.1) is 0 Å². The molecule has 1 heterocycles. The van der Waals surface area contributed by atoms with Crippen molar-refractivity contribution in [3.05, 3.63) is 17.7 Å². The second-order valence-corrected chi connectivity index (χ2v) is 2.51. The van der Waals surface area contributed by atoms with Crippen molar-refractivity contribution < 1.29 is 13.2 Å². The van der Waals surface area contributed by atoms with Crippen LogP contribution in [0.15, 0.2) is 6.20 Å². The van der Waals surface area contributed by atoms with E-state index in [9.17, 15) is 13.2 Å². The largest absolute Gasteiger partial charge is 0.379 e. The van der Waals surface area contributed by atoms with Gasteiger partial charge in [-0.25, -0.2) is 4.98 Å². The normalized spacial score (nSPS) is 9.69. The number of imidazole rings is 1. The summed E-state index contributed by atoms with van der Waals surface area (Å²) in [6.45, 7) is 0.504. The maximum atomic E-state index is 9.67. The van der Waals surface area contributed by atoms with Crippen molar-refractivity contribution in [3.63, 3.8) is 0 Å². The smallest absolute Gasteiger partial charge is 0.346 e. The van der Waals surface area contributed by atoms with E-state index in [1.165, 1.54) is 0 Å². The highest BCUT2D eigenvalue weighted by Crippen LogP contribution is 1.97. The van der Waals surface area contributed by atoms with Crippen LogP contribution in [0.2, 0.25) is 0 Å². The van der Waals surface area contributed by atoms with Crippen LogP contribution < -0.4 is 0 Å². The molecule has 0 radical (unpaired) electrons. The minimum absolute atomic E-state index is 1.06. The maximum absolute atomic E-state index is 9.67. The first kappa shape index (κ1) is 12.0. The zero-order chi connectivity index (χ0) is 10.3. The summed E-state index contributed by atoms with van der Waals surface area (Å²) in [5.74, 6) is 1.11. The van der Waals surface area contributed by atoms with Crippen LogP contribution in [0.4, 0.5) is 13.2 Å². The molecule has 0 atom stereocenters. The summed E-state index contributed by atoms with van der Waals surface area (Å²) in [6.07, 6.45) is 4.09. The quantitative estimate of drug-likeness (QED) is 0.770. The molecule has 0 bridgehead atoms. The van der Waals surface area contributed by atoms with Gasteiger partial charge in [0, 0.05) is 18.3 Å². The Morgan fingerprint density at radius 3 is 2.31 bits per heavy atom. The summed E-state index contributed by atoms with van der Waals surface area (Å²) < 4.78 is 29.0. The molecule has 0 aliphatic carbocycles. The second kappa shape index (κ2) is 6.51. The minimum Gasteiger partial charge on any atom is -0.346 e. The number of nitrogens with zero attached hydrogens (tertiary/aromatic N) is 1. The number of hydrogen-bond donors (Lipinski definition) is 1. The van der Waals surface area contributed by atoms with E-state index < -0.39 is 6.68 Å². The number of rotatable bonds is 2. The molecule has 0 unspecified atom stereocenters. The molecule has 5 heteroatoms. The number of nitrogens with one attached hydrogen (secondary N) is 1. The summed E-state index contributed by atoms with van der Waals surface area (Å²) in [5.41, 5.74) is 1.15. The highest BCUT2D eigenvalue weighted by molar-refractivity contribution is 4.97. The predicted octanol–water partition coefficient (Wildman–Crippen LogP) is 2.85. The van der Waals surface area contributed by atoms with Crippen LogP contribution in [0.1, 0.15) is 24.9 Å². The van der Waals surface area contributed by atoms with Gasteiger partial charge in [0.05, 0.1) is 0 Å². The predicted molar refractivity (Wildman–Crippen MR) is 44.4 cm³/mol. The van der Waals surface area contributed by atoms with Crippen LogP contribution in [-0.4, -0.2) is 16.6 Å². The van der Waals surface area contributed by atoms with Crippen molar-refractivity contribution in [2.75, 3.05) is 0 Å². The van der Waals surface area contributed by atoms with Gasteiger partial charge in [-0.05, 0) is 13.3 Å². The summed E-state index contributed by atoms with van der Waals surface area (Å²) in [5, 5.41) is 0. The standard InChI is InChI=1S/C7H12N2.CHF3/c1-3-4-7-8-5-6(2)9-7;2-1(3)4/h5H,3-4H2,1-2H3,(H,8,9);1H. The Bertz CT molecular complexity index is 220. The van der Waals surface area contributed by atoms with Crippen LogP contribution in [0.25, 0.3) is 0 Å².